The van der Waals surface area contributed by atoms with Gasteiger partial charge in [0.1, 0.15) is 6.10 Å². The highest BCUT2D eigenvalue weighted by atomic mass is 16.5. The molecule has 2 aliphatic carbocycles. The van der Waals surface area contributed by atoms with E-state index in [9.17, 15) is 9.59 Å². The predicted molar refractivity (Wildman–Crippen MR) is 97.4 cm³/mol. The minimum absolute atomic E-state index is 0.0790. The molecule has 3 fully saturated rings. The number of nitrogens with one attached hydrogen (secondary N) is 1. The van der Waals surface area contributed by atoms with Crippen LogP contribution in [0.4, 0.5) is 0 Å². The first-order valence-corrected chi connectivity index (χ1v) is 10.5. The quantitative estimate of drug-likeness (QED) is 0.782. The van der Waals surface area contributed by atoms with Gasteiger partial charge in [-0.3, -0.25) is 4.79 Å². The van der Waals surface area contributed by atoms with Gasteiger partial charge in [-0.05, 0) is 63.7 Å². The van der Waals surface area contributed by atoms with E-state index in [1.807, 2.05) is 0 Å². The third-order valence-electron chi connectivity index (χ3n) is 6.71. The standard InChI is InChI=1S/C21H31NO4/c23-20(22-13-17-5-3-11-25-17)15-9-7-14(8-10-15)18-12-16-4-1-2-6-19(16)26-21(18)24/h12,14-17,19H,1-11,13H2,(H,22,23). The molecular weight excluding hydrogens is 330 g/mol. The van der Waals surface area contributed by atoms with Crippen molar-refractivity contribution in [2.24, 2.45) is 17.8 Å². The summed E-state index contributed by atoms with van der Waals surface area (Å²) in [6.07, 6.45) is 12.8. The van der Waals surface area contributed by atoms with E-state index in [0.29, 0.717) is 12.5 Å². The minimum atomic E-state index is -0.0977. The van der Waals surface area contributed by atoms with Crippen LogP contribution in [0.1, 0.15) is 64.2 Å². The number of hydrogen-bond donors (Lipinski definition) is 1. The van der Waals surface area contributed by atoms with Crippen molar-refractivity contribution in [3.8, 4) is 0 Å². The second-order valence-electron chi connectivity index (χ2n) is 8.44. The summed E-state index contributed by atoms with van der Waals surface area (Å²) in [7, 11) is 0. The first-order valence-electron chi connectivity index (χ1n) is 10.5. The number of rotatable bonds is 4. The van der Waals surface area contributed by atoms with E-state index in [2.05, 4.69) is 11.4 Å². The normalized spacial score (nSPS) is 37.5. The molecule has 0 aromatic rings. The summed E-state index contributed by atoms with van der Waals surface area (Å²) in [5.41, 5.74) is 0.895. The van der Waals surface area contributed by atoms with Gasteiger partial charge in [-0.25, -0.2) is 4.79 Å². The molecule has 2 aliphatic heterocycles. The van der Waals surface area contributed by atoms with E-state index >= 15 is 0 Å². The second kappa shape index (κ2) is 8.12. The van der Waals surface area contributed by atoms with E-state index in [1.54, 1.807) is 0 Å². The first kappa shape index (κ1) is 18.0. The Labute approximate surface area is 155 Å². The van der Waals surface area contributed by atoms with E-state index in [0.717, 1.165) is 63.5 Å². The molecule has 1 saturated heterocycles. The van der Waals surface area contributed by atoms with Crippen LogP contribution in [0.3, 0.4) is 0 Å². The van der Waals surface area contributed by atoms with E-state index in [1.165, 1.54) is 12.8 Å². The molecule has 0 spiro atoms. The van der Waals surface area contributed by atoms with Crippen LogP contribution < -0.4 is 5.32 Å². The molecule has 26 heavy (non-hydrogen) atoms. The number of esters is 1. The van der Waals surface area contributed by atoms with Crippen LogP contribution in [0.15, 0.2) is 11.6 Å². The molecule has 1 amide bonds. The molecule has 2 saturated carbocycles. The molecule has 5 heteroatoms. The SMILES string of the molecule is O=C1OC2CCCCC2C=C1C1CCC(C(=O)NCC2CCCO2)CC1. The summed E-state index contributed by atoms with van der Waals surface area (Å²) in [4.78, 5) is 24.8. The fraction of sp³-hybridized carbons (Fsp3) is 0.810. The molecule has 0 aromatic carbocycles. The van der Waals surface area contributed by atoms with Crippen LogP contribution in [0.25, 0.3) is 0 Å². The lowest BCUT2D eigenvalue weighted by Crippen LogP contribution is -2.39. The van der Waals surface area contributed by atoms with Gasteiger partial charge in [0.25, 0.3) is 0 Å². The smallest absolute Gasteiger partial charge is 0.334 e. The molecule has 5 nitrogen and oxygen atoms in total. The number of carbonyl (C=O) groups excluding carboxylic acids is 2. The van der Waals surface area contributed by atoms with Crippen LogP contribution >= 0.6 is 0 Å². The van der Waals surface area contributed by atoms with Crippen LogP contribution in [0.2, 0.25) is 0 Å². The number of fused-ring (bicyclic) bond motifs is 1. The molecule has 144 valence electrons. The van der Waals surface area contributed by atoms with Gasteiger partial charge in [-0.1, -0.05) is 12.5 Å². The van der Waals surface area contributed by atoms with Gasteiger partial charge in [0, 0.05) is 30.6 Å². The molecule has 4 aliphatic rings. The van der Waals surface area contributed by atoms with Crippen LogP contribution in [-0.4, -0.2) is 37.2 Å². The van der Waals surface area contributed by atoms with Gasteiger partial charge in [-0.2, -0.15) is 0 Å². The third kappa shape index (κ3) is 3.98. The average molecular weight is 361 g/mol. The fourth-order valence-corrected chi connectivity index (χ4v) is 5.10. The Morgan fingerprint density at radius 1 is 1.04 bits per heavy atom. The molecule has 3 atom stereocenters. The van der Waals surface area contributed by atoms with Crippen molar-refractivity contribution in [1.82, 2.24) is 5.32 Å². The maximum atomic E-state index is 12.4. The van der Waals surface area contributed by atoms with Crippen molar-refractivity contribution in [1.29, 1.82) is 0 Å². The molecule has 0 bridgehead atoms. The van der Waals surface area contributed by atoms with Crippen molar-refractivity contribution in [2.75, 3.05) is 13.2 Å². The van der Waals surface area contributed by atoms with E-state index in [4.69, 9.17) is 9.47 Å². The Hall–Kier alpha value is -1.36. The Bertz CT molecular complexity index is 558. The largest absolute Gasteiger partial charge is 0.458 e. The van der Waals surface area contributed by atoms with Crippen molar-refractivity contribution in [3.05, 3.63) is 11.6 Å². The van der Waals surface area contributed by atoms with Crippen molar-refractivity contribution in [2.45, 2.75) is 76.4 Å². The average Bonchev–Trinajstić information content (AvgIpc) is 3.19. The molecular formula is C21H31NO4. The Kier molecular flexibility index (Phi) is 5.63. The summed E-state index contributed by atoms with van der Waals surface area (Å²) in [6.45, 7) is 1.46. The Morgan fingerprint density at radius 2 is 1.85 bits per heavy atom. The zero-order chi connectivity index (χ0) is 17.9. The van der Waals surface area contributed by atoms with Gasteiger partial charge < -0.3 is 14.8 Å². The Morgan fingerprint density at radius 3 is 2.62 bits per heavy atom. The van der Waals surface area contributed by atoms with Crippen molar-refractivity contribution in [3.63, 3.8) is 0 Å². The molecule has 2 heterocycles. The molecule has 3 unspecified atom stereocenters. The van der Waals surface area contributed by atoms with Gasteiger partial charge in [0.05, 0.1) is 6.10 Å². The lowest BCUT2D eigenvalue weighted by atomic mass is 9.75. The van der Waals surface area contributed by atoms with Gasteiger partial charge >= 0.3 is 5.97 Å². The summed E-state index contributed by atoms with van der Waals surface area (Å²) in [6, 6.07) is 0. The van der Waals surface area contributed by atoms with Crippen LogP contribution in [-0.2, 0) is 19.1 Å². The van der Waals surface area contributed by atoms with Crippen molar-refractivity contribution < 1.29 is 19.1 Å². The summed E-state index contributed by atoms with van der Waals surface area (Å²) >= 11 is 0. The number of carbonyl (C=O) groups is 2. The lowest BCUT2D eigenvalue weighted by Gasteiger charge is -2.36. The first-order chi connectivity index (χ1) is 12.7. The molecule has 0 radical (unpaired) electrons. The monoisotopic (exact) mass is 361 g/mol. The van der Waals surface area contributed by atoms with Gasteiger partial charge in [-0.15, -0.1) is 0 Å². The summed E-state index contributed by atoms with van der Waals surface area (Å²) in [5.74, 6) is 0.831. The van der Waals surface area contributed by atoms with Crippen LogP contribution in [0.5, 0.6) is 0 Å². The van der Waals surface area contributed by atoms with E-state index in [-0.39, 0.29) is 35.9 Å². The summed E-state index contributed by atoms with van der Waals surface area (Å²) in [5, 5.41) is 3.06. The maximum absolute atomic E-state index is 12.4. The predicted octanol–water partition coefficient (Wildman–Crippen LogP) is 3.13. The molecule has 1 N–H and O–H groups in total. The minimum Gasteiger partial charge on any atom is -0.458 e. The number of amides is 1. The van der Waals surface area contributed by atoms with Crippen molar-refractivity contribution >= 4 is 11.9 Å². The second-order valence-corrected chi connectivity index (χ2v) is 8.44. The van der Waals surface area contributed by atoms with E-state index < -0.39 is 0 Å². The zero-order valence-corrected chi connectivity index (χ0v) is 15.6. The van der Waals surface area contributed by atoms with Crippen LogP contribution in [0, 0.1) is 17.8 Å². The Balaban J connectivity index is 1.28. The van der Waals surface area contributed by atoms with Gasteiger partial charge in [0.15, 0.2) is 0 Å². The number of ether oxygens (including phenoxy) is 2. The highest BCUT2D eigenvalue weighted by molar-refractivity contribution is 5.90. The summed E-state index contributed by atoms with van der Waals surface area (Å²) < 4.78 is 11.3. The lowest BCUT2D eigenvalue weighted by molar-refractivity contribution is -0.150. The maximum Gasteiger partial charge on any atom is 0.334 e. The zero-order valence-electron chi connectivity index (χ0n) is 15.6. The molecule has 0 aromatic heterocycles. The molecule has 4 rings (SSSR count). The number of hydrogen-bond acceptors (Lipinski definition) is 4. The topological polar surface area (TPSA) is 64.6 Å². The fourth-order valence-electron chi connectivity index (χ4n) is 5.10. The highest BCUT2D eigenvalue weighted by Crippen LogP contribution is 2.39. The highest BCUT2D eigenvalue weighted by Gasteiger charge is 2.37. The third-order valence-corrected chi connectivity index (χ3v) is 6.71. The van der Waals surface area contributed by atoms with Gasteiger partial charge in [0.2, 0.25) is 5.91 Å².